The summed E-state index contributed by atoms with van der Waals surface area (Å²) in [6.45, 7) is 7.62. The summed E-state index contributed by atoms with van der Waals surface area (Å²) in [5, 5.41) is 2.81. The Kier molecular flexibility index (Phi) is 5.74. The van der Waals surface area contributed by atoms with Crippen LogP contribution < -0.4 is 5.32 Å². The first-order chi connectivity index (χ1) is 11.4. The van der Waals surface area contributed by atoms with Gasteiger partial charge in [-0.05, 0) is 43.0 Å². The van der Waals surface area contributed by atoms with Crippen molar-refractivity contribution in [1.29, 1.82) is 0 Å². The molecule has 0 heterocycles. The molecule has 0 fully saturated rings. The predicted octanol–water partition coefficient (Wildman–Crippen LogP) is 4.22. The largest absolute Gasteiger partial charge is 0.452 e. The lowest BCUT2D eigenvalue weighted by Crippen LogP contribution is -2.22. The third kappa shape index (κ3) is 4.44. The number of carbonyl (C=O) groups excluding carboxylic acids is 2. The molecule has 0 unspecified atom stereocenters. The predicted molar refractivity (Wildman–Crippen MR) is 95.4 cm³/mol. The van der Waals surface area contributed by atoms with E-state index in [4.69, 9.17) is 4.74 Å². The number of hydrogen-bond donors (Lipinski definition) is 1. The number of anilines is 1. The topological polar surface area (TPSA) is 55.4 Å². The molecule has 126 valence electrons. The standard InChI is InChI=1S/C20H23NO3/c1-13(2)16-7-5-6-8-18(16)21-19(22)12-24-20(23)17-10-9-14(3)11-15(17)4/h5-11,13H,12H2,1-4H3,(H,21,22). The summed E-state index contributed by atoms with van der Waals surface area (Å²) >= 11 is 0. The lowest BCUT2D eigenvalue weighted by Gasteiger charge is -2.14. The van der Waals surface area contributed by atoms with Gasteiger partial charge in [0.15, 0.2) is 6.61 Å². The van der Waals surface area contributed by atoms with Gasteiger partial charge in [0.05, 0.1) is 5.56 Å². The average Bonchev–Trinajstić information content (AvgIpc) is 2.53. The maximum atomic E-state index is 12.1. The summed E-state index contributed by atoms with van der Waals surface area (Å²) in [7, 11) is 0. The van der Waals surface area contributed by atoms with Crippen molar-refractivity contribution in [3.63, 3.8) is 0 Å². The maximum absolute atomic E-state index is 12.1. The minimum atomic E-state index is -0.486. The lowest BCUT2D eigenvalue weighted by molar-refractivity contribution is -0.119. The van der Waals surface area contributed by atoms with Gasteiger partial charge in [0.2, 0.25) is 0 Å². The zero-order chi connectivity index (χ0) is 17.7. The minimum absolute atomic E-state index is 0.291. The first kappa shape index (κ1) is 17.7. The van der Waals surface area contributed by atoms with E-state index < -0.39 is 5.97 Å². The zero-order valence-corrected chi connectivity index (χ0v) is 14.6. The monoisotopic (exact) mass is 325 g/mol. The third-order valence-electron chi connectivity index (χ3n) is 3.79. The zero-order valence-electron chi connectivity index (χ0n) is 14.6. The Bertz CT molecular complexity index is 750. The molecular weight excluding hydrogens is 302 g/mol. The van der Waals surface area contributed by atoms with E-state index in [1.807, 2.05) is 50.2 Å². The van der Waals surface area contributed by atoms with Gasteiger partial charge in [0.1, 0.15) is 0 Å². The molecule has 1 amide bonds. The first-order valence-corrected chi connectivity index (χ1v) is 8.01. The van der Waals surface area contributed by atoms with E-state index in [2.05, 4.69) is 19.2 Å². The van der Waals surface area contributed by atoms with Gasteiger partial charge in [-0.1, -0.05) is 49.7 Å². The van der Waals surface area contributed by atoms with Crippen molar-refractivity contribution < 1.29 is 14.3 Å². The van der Waals surface area contributed by atoms with Gasteiger partial charge in [0.25, 0.3) is 5.91 Å². The van der Waals surface area contributed by atoms with Crippen molar-refractivity contribution in [3.05, 3.63) is 64.7 Å². The van der Waals surface area contributed by atoms with E-state index in [1.54, 1.807) is 6.07 Å². The van der Waals surface area contributed by atoms with Gasteiger partial charge in [0, 0.05) is 5.69 Å². The number of ether oxygens (including phenoxy) is 1. The number of aryl methyl sites for hydroxylation is 2. The van der Waals surface area contributed by atoms with E-state index in [0.29, 0.717) is 11.5 Å². The van der Waals surface area contributed by atoms with Crippen LogP contribution in [0, 0.1) is 13.8 Å². The summed E-state index contributed by atoms with van der Waals surface area (Å²) in [5.41, 5.74) is 4.19. The molecular formula is C20H23NO3. The second-order valence-electron chi connectivity index (χ2n) is 6.18. The Morgan fingerprint density at radius 3 is 2.46 bits per heavy atom. The summed E-state index contributed by atoms with van der Waals surface area (Å²) in [6, 6.07) is 13.1. The van der Waals surface area contributed by atoms with Gasteiger partial charge < -0.3 is 10.1 Å². The Morgan fingerprint density at radius 1 is 1.08 bits per heavy atom. The van der Waals surface area contributed by atoms with Crippen LogP contribution in [-0.2, 0) is 9.53 Å². The van der Waals surface area contributed by atoms with Crippen LogP contribution in [-0.4, -0.2) is 18.5 Å². The van der Waals surface area contributed by atoms with Crippen molar-refractivity contribution in [1.82, 2.24) is 0 Å². The fraction of sp³-hybridized carbons (Fsp3) is 0.300. The fourth-order valence-corrected chi connectivity index (χ4v) is 2.55. The van der Waals surface area contributed by atoms with Gasteiger partial charge in [-0.2, -0.15) is 0 Å². The van der Waals surface area contributed by atoms with Crippen molar-refractivity contribution in [3.8, 4) is 0 Å². The first-order valence-electron chi connectivity index (χ1n) is 8.01. The summed E-state index contributed by atoms with van der Waals surface area (Å²) < 4.78 is 5.13. The lowest BCUT2D eigenvalue weighted by atomic mass is 10.0. The molecule has 4 heteroatoms. The average molecular weight is 325 g/mol. The molecule has 2 rings (SSSR count). The Hall–Kier alpha value is -2.62. The van der Waals surface area contributed by atoms with Crippen LogP contribution in [0.5, 0.6) is 0 Å². The quantitative estimate of drug-likeness (QED) is 0.837. The van der Waals surface area contributed by atoms with Crippen LogP contribution in [0.1, 0.15) is 46.8 Å². The Balaban J connectivity index is 1.97. The van der Waals surface area contributed by atoms with Crippen LogP contribution >= 0.6 is 0 Å². The minimum Gasteiger partial charge on any atom is -0.452 e. The fourth-order valence-electron chi connectivity index (χ4n) is 2.55. The van der Waals surface area contributed by atoms with Crippen LogP contribution in [0.15, 0.2) is 42.5 Å². The molecule has 4 nitrogen and oxygen atoms in total. The second kappa shape index (κ2) is 7.77. The van der Waals surface area contributed by atoms with Crippen LogP contribution in [0.2, 0.25) is 0 Å². The molecule has 0 aliphatic rings. The number of carbonyl (C=O) groups is 2. The normalized spacial score (nSPS) is 10.5. The highest BCUT2D eigenvalue weighted by molar-refractivity contribution is 5.96. The van der Waals surface area contributed by atoms with Gasteiger partial charge in [-0.15, -0.1) is 0 Å². The number of rotatable bonds is 5. The molecule has 0 saturated heterocycles. The van der Waals surface area contributed by atoms with Gasteiger partial charge >= 0.3 is 5.97 Å². The molecule has 2 aromatic rings. The molecule has 0 spiro atoms. The van der Waals surface area contributed by atoms with Crippen molar-refractivity contribution >= 4 is 17.6 Å². The van der Waals surface area contributed by atoms with Gasteiger partial charge in [-0.3, -0.25) is 4.79 Å². The van der Waals surface area contributed by atoms with Crippen molar-refractivity contribution in [2.24, 2.45) is 0 Å². The summed E-state index contributed by atoms with van der Waals surface area (Å²) in [6.07, 6.45) is 0. The van der Waals surface area contributed by atoms with E-state index in [1.165, 1.54) is 0 Å². The molecule has 0 radical (unpaired) electrons. The SMILES string of the molecule is Cc1ccc(C(=O)OCC(=O)Nc2ccccc2C(C)C)c(C)c1. The number of para-hydroxylation sites is 1. The highest BCUT2D eigenvalue weighted by Crippen LogP contribution is 2.23. The number of hydrogen-bond acceptors (Lipinski definition) is 3. The molecule has 0 aliphatic heterocycles. The molecule has 0 aliphatic carbocycles. The molecule has 0 atom stereocenters. The highest BCUT2D eigenvalue weighted by atomic mass is 16.5. The summed E-state index contributed by atoms with van der Waals surface area (Å²) in [4.78, 5) is 24.2. The number of amides is 1. The van der Waals surface area contributed by atoms with Gasteiger partial charge in [-0.25, -0.2) is 4.79 Å². The number of nitrogens with one attached hydrogen (secondary N) is 1. The Labute approximate surface area is 142 Å². The van der Waals surface area contributed by atoms with E-state index in [-0.39, 0.29) is 12.5 Å². The molecule has 24 heavy (non-hydrogen) atoms. The summed E-state index contributed by atoms with van der Waals surface area (Å²) in [5.74, 6) is -0.541. The highest BCUT2D eigenvalue weighted by Gasteiger charge is 2.14. The van der Waals surface area contributed by atoms with Crippen LogP contribution in [0.3, 0.4) is 0 Å². The molecule has 1 N–H and O–H groups in total. The van der Waals surface area contributed by atoms with Crippen LogP contribution in [0.25, 0.3) is 0 Å². The molecule has 0 aromatic heterocycles. The van der Waals surface area contributed by atoms with Crippen molar-refractivity contribution in [2.75, 3.05) is 11.9 Å². The van der Waals surface area contributed by atoms with E-state index in [9.17, 15) is 9.59 Å². The molecule has 2 aromatic carbocycles. The van der Waals surface area contributed by atoms with Crippen molar-refractivity contribution in [2.45, 2.75) is 33.6 Å². The maximum Gasteiger partial charge on any atom is 0.338 e. The van der Waals surface area contributed by atoms with Crippen LogP contribution in [0.4, 0.5) is 5.69 Å². The smallest absolute Gasteiger partial charge is 0.338 e. The molecule has 0 bridgehead atoms. The van der Waals surface area contributed by atoms with E-state index >= 15 is 0 Å². The Morgan fingerprint density at radius 2 is 1.79 bits per heavy atom. The molecule has 0 saturated carbocycles. The third-order valence-corrected chi connectivity index (χ3v) is 3.79. The second-order valence-corrected chi connectivity index (χ2v) is 6.18. The number of benzene rings is 2. The van der Waals surface area contributed by atoms with E-state index in [0.717, 1.165) is 22.4 Å². The number of esters is 1.